The molecule has 1 heterocycles. The van der Waals surface area contributed by atoms with E-state index in [2.05, 4.69) is 19.2 Å². The lowest BCUT2D eigenvalue weighted by molar-refractivity contribution is 0.0733. The molecule has 1 aliphatic rings. The molecule has 1 aliphatic heterocycles. The summed E-state index contributed by atoms with van der Waals surface area (Å²) in [5.41, 5.74) is 1.86. The van der Waals surface area contributed by atoms with E-state index in [-0.39, 0.29) is 11.4 Å². The van der Waals surface area contributed by atoms with Gasteiger partial charge in [-0.3, -0.25) is 4.79 Å². The molecular formula is C16H25N3O. The SMILES string of the molecule is CN(C)c1ccc(C(=O)N2CCCNC(C)(C)C2)cc1. The van der Waals surface area contributed by atoms with E-state index in [0.717, 1.165) is 37.3 Å². The molecule has 0 bridgehead atoms. The maximum absolute atomic E-state index is 12.6. The smallest absolute Gasteiger partial charge is 0.253 e. The second-order valence-electron chi connectivity index (χ2n) is 6.33. The third-order valence-corrected chi connectivity index (χ3v) is 3.71. The van der Waals surface area contributed by atoms with Crippen molar-refractivity contribution in [2.45, 2.75) is 25.8 Å². The molecule has 0 unspecified atom stereocenters. The van der Waals surface area contributed by atoms with Crippen LogP contribution in [0.3, 0.4) is 0 Å². The van der Waals surface area contributed by atoms with Crippen molar-refractivity contribution in [3.63, 3.8) is 0 Å². The molecule has 1 saturated heterocycles. The fraction of sp³-hybridized carbons (Fsp3) is 0.562. The fourth-order valence-corrected chi connectivity index (χ4v) is 2.57. The Kier molecular flexibility index (Phi) is 4.33. The van der Waals surface area contributed by atoms with E-state index in [0.29, 0.717) is 0 Å². The Bertz CT molecular complexity index is 465. The molecule has 1 N–H and O–H groups in total. The highest BCUT2D eigenvalue weighted by molar-refractivity contribution is 5.94. The molecule has 4 nitrogen and oxygen atoms in total. The zero-order valence-electron chi connectivity index (χ0n) is 12.9. The van der Waals surface area contributed by atoms with E-state index in [1.165, 1.54) is 0 Å². The van der Waals surface area contributed by atoms with Crippen LogP contribution in [0.2, 0.25) is 0 Å². The van der Waals surface area contributed by atoms with Crippen LogP contribution >= 0.6 is 0 Å². The van der Waals surface area contributed by atoms with Gasteiger partial charge in [0.15, 0.2) is 0 Å². The number of benzene rings is 1. The van der Waals surface area contributed by atoms with Crippen LogP contribution in [0.15, 0.2) is 24.3 Å². The van der Waals surface area contributed by atoms with Gasteiger partial charge < -0.3 is 15.1 Å². The number of carbonyl (C=O) groups is 1. The number of nitrogens with one attached hydrogen (secondary N) is 1. The topological polar surface area (TPSA) is 35.6 Å². The number of amides is 1. The monoisotopic (exact) mass is 275 g/mol. The van der Waals surface area contributed by atoms with Crippen molar-refractivity contribution in [2.75, 3.05) is 38.6 Å². The molecule has 1 fully saturated rings. The van der Waals surface area contributed by atoms with E-state index in [1.54, 1.807) is 0 Å². The molecule has 2 rings (SSSR count). The second-order valence-corrected chi connectivity index (χ2v) is 6.33. The number of carbonyl (C=O) groups excluding carboxylic acids is 1. The molecular weight excluding hydrogens is 250 g/mol. The fourth-order valence-electron chi connectivity index (χ4n) is 2.57. The van der Waals surface area contributed by atoms with Crippen LogP contribution in [0.1, 0.15) is 30.6 Å². The standard InChI is InChI=1S/C16H25N3O/c1-16(2)12-19(11-5-10-17-16)15(20)13-6-8-14(9-7-13)18(3)4/h6-9,17H,5,10-12H2,1-4H3. The summed E-state index contributed by atoms with van der Waals surface area (Å²) in [6, 6.07) is 7.83. The minimum absolute atomic E-state index is 0.0181. The molecule has 4 heteroatoms. The number of anilines is 1. The predicted octanol–water partition coefficient (Wildman–Crippen LogP) is 1.97. The summed E-state index contributed by atoms with van der Waals surface area (Å²) in [5.74, 6) is 0.132. The van der Waals surface area contributed by atoms with Crippen LogP contribution in [0.4, 0.5) is 5.69 Å². The normalized spacial score (nSPS) is 18.5. The molecule has 0 aliphatic carbocycles. The van der Waals surface area contributed by atoms with Gasteiger partial charge in [0, 0.05) is 44.0 Å². The highest BCUT2D eigenvalue weighted by atomic mass is 16.2. The molecule has 110 valence electrons. The lowest BCUT2D eigenvalue weighted by atomic mass is 10.0. The van der Waals surface area contributed by atoms with Gasteiger partial charge in [-0.1, -0.05) is 0 Å². The second kappa shape index (κ2) is 5.83. The van der Waals surface area contributed by atoms with Gasteiger partial charge in [-0.15, -0.1) is 0 Å². The van der Waals surface area contributed by atoms with Gasteiger partial charge in [0.25, 0.3) is 5.91 Å². The van der Waals surface area contributed by atoms with Crippen molar-refractivity contribution < 1.29 is 4.79 Å². The molecule has 1 amide bonds. The van der Waals surface area contributed by atoms with E-state index < -0.39 is 0 Å². The lowest BCUT2D eigenvalue weighted by Crippen LogP contribution is -2.47. The van der Waals surface area contributed by atoms with E-state index >= 15 is 0 Å². The summed E-state index contributed by atoms with van der Waals surface area (Å²) in [6.07, 6.45) is 1.00. The molecule has 0 aromatic heterocycles. The Morgan fingerprint density at radius 1 is 1.25 bits per heavy atom. The summed E-state index contributed by atoms with van der Waals surface area (Å²) in [5, 5.41) is 3.48. The van der Waals surface area contributed by atoms with Crippen molar-refractivity contribution in [3.8, 4) is 0 Å². The van der Waals surface area contributed by atoms with E-state index in [1.807, 2.05) is 48.2 Å². The van der Waals surface area contributed by atoms with Gasteiger partial charge in [-0.2, -0.15) is 0 Å². The van der Waals surface area contributed by atoms with Gasteiger partial charge in [0.05, 0.1) is 0 Å². The third-order valence-electron chi connectivity index (χ3n) is 3.71. The van der Waals surface area contributed by atoms with Crippen LogP contribution in [-0.2, 0) is 0 Å². The lowest BCUT2D eigenvalue weighted by Gasteiger charge is -2.30. The van der Waals surface area contributed by atoms with Crippen molar-refractivity contribution in [2.24, 2.45) is 0 Å². The Morgan fingerprint density at radius 3 is 2.50 bits per heavy atom. The first kappa shape index (κ1) is 14.9. The summed E-state index contributed by atoms with van der Waals surface area (Å²) in [7, 11) is 4.00. The molecule has 0 atom stereocenters. The number of rotatable bonds is 2. The highest BCUT2D eigenvalue weighted by Crippen LogP contribution is 2.17. The molecule has 0 radical (unpaired) electrons. The average molecular weight is 275 g/mol. The number of hydrogen-bond donors (Lipinski definition) is 1. The summed E-state index contributed by atoms with van der Waals surface area (Å²) >= 11 is 0. The molecule has 1 aromatic rings. The van der Waals surface area contributed by atoms with Gasteiger partial charge >= 0.3 is 0 Å². The zero-order chi connectivity index (χ0) is 14.8. The third kappa shape index (κ3) is 3.51. The molecule has 20 heavy (non-hydrogen) atoms. The first-order chi connectivity index (χ1) is 9.39. The van der Waals surface area contributed by atoms with Crippen LogP contribution in [0, 0.1) is 0 Å². The zero-order valence-corrected chi connectivity index (χ0v) is 12.9. The van der Waals surface area contributed by atoms with E-state index in [4.69, 9.17) is 0 Å². The predicted molar refractivity (Wildman–Crippen MR) is 83.4 cm³/mol. The minimum Gasteiger partial charge on any atom is -0.378 e. The molecule has 1 aromatic carbocycles. The Balaban J connectivity index is 2.13. The number of hydrogen-bond acceptors (Lipinski definition) is 3. The van der Waals surface area contributed by atoms with Crippen LogP contribution in [0.25, 0.3) is 0 Å². The number of nitrogens with zero attached hydrogens (tertiary/aromatic N) is 2. The van der Waals surface area contributed by atoms with Gasteiger partial charge in [0.2, 0.25) is 0 Å². The van der Waals surface area contributed by atoms with Crippen LogP contribution < -0.4 is 10.2 Å². The summed E-state index contributed by atoms with van der Waals surface area (Å²) in [4.78, 5) is 16.6. The maximum Gasteiger partial charge on any atom is 0.253 e. The van der Waals surface area contributed by atoms with Gasteiger partial charge in [-0.05, 0) is 51.1 Å². The Morgan fingerprint density at radius 2 is 1.90 bits per heavy atom. The molecule has 0 saturated carbocycles. The van der Waals surface area contributed by atoms with Gasteiger partial charge in [-0.25, -0.2) is 0 Å². The first-order valence-electron chi connectivity index (χ1n) is 7.21. The van der Waals surface area contributed by atoms with Crippen LogP contribution in [-0.4, -0.2) is 50.1 Å². The largest absolute Gasteiger partial charge is 0.378 e. The van der Waals surface area contributed by atoms with Crippen LogP contribution in [0.5, 0.6) is 0 Å². The van der Waals surface area contributed by atoms with Crippen molar-refractivity contribution >= 4 is 11.6 Å². The summed E-state index contributed by atoms with van der Waals surface area (Å²) in [6.45, 7) is 6.84. The summed E-state index contributed by atoms with van der Waals surface area (Å²) < 4.78 is 0. The quantitative estimate of drug-likeness (QED) is 0.896. The van der Waals surface area contributed by atoms with Crippen molar-refractivity contribution in [1.29, 1.82) is 0 Å². The maximum atomic E-state index is 12.6. The van der Waals surface area contributed by atoms with Crippen molar-refractivity contribution in [1.82, 2.24) is 10.2 Å². The van der Waals surface area contributed by atoms with Crippen molar-refractivity contribution in [3.05, 3.63) is 29.8 Å². The first-order valence-corrected chi connectivity index (χ1v) is 7.21. The highest BCUT2D eigenvalue weighted by Gasteiger charge is 2.27. The Labute approximate surface area is 121 Å². The minimum atomic E-state index is -0.0181. The van der Waals surface area contributed by atoms with Gasteiger partial charge in [0.1, 0.15) is 0 Å². The Hall–Kier alpha value is -1.55. The average Bonchev–Trinajstić information content (AvgIpc) is 2.59. The molecule has 0 spiro atoms. The van der Waals surface area contributed by atoms with E-state index in [9.17, 15) is 4.79 Å².